The van der Waals surface area contributed by atoms with Crippen LogP contribution >= 0.6 is 12.2 Å². The van der Waals surface area contributed by atoms with Crippen LogP contribution in [0.3, 0.4) is 0 Å². The second kappa shape index (κ2) is 4.61. The molecule has 1 heterocycles. The van der Waals surface area contributed by atoms with E-state index < -0.39 is 0 Å². The van der Waals surface area contributed by atoms with E-state index in [0.717, 1.165) is 18.7 Å². The average Bonchev–Trinajstić information content (AvgIpc) is 2.57. The molecule has 0 spiro atoms. The minimum absolute atomic E-state index is 0.256. The summed E-state index contributed by atoms with van der Waals surface area (Å²) in [6.45, 7) is 5.37. The minimum Gasteiger partial charge on any atom is -0.389 e. The largest absolute Gasteiger partial charge is 0.389 e. The van der Waals surface area contributed by atoms with Crippen molar-refractivity contribution in [2.24, 2.45) is 11.7 Å². The van der Waals surface area contributed by atoms with Crippen molar-refractivity contribution in [3.05, 3.63) is 29.6 Å². The molecule has 0 radical (unpaired) electrons. The molecule has 0 aliphatic carbocycles. The molecule has 1 aliphatic heterocycles. The number of rotatable bonds is 2. The Morgan fingerprint density at radius 1 is 1.47 bits per heavy atom. The van der Waals surface area contributed by atoms with E-state index in [-0.39, 0.29) is 10.8 Å². The Bertz CT molecular complexity index is 447. The van der Waals surface area contributed by atoms with Gasteiger partial charge in [0.05, 0.1) is 0 Å². The molecule has 1 saturated heterocycles. The molecule has 2 atom stereocenters. The van der Waals surface area contributed by atoms with Crippen LogP contribution in [0, 0.1) is 11.7 Å². The van der Waals surface area contributed by atoms with Gasteiger partial charge in [-0.1, -0.05) is 19.1 Å². The van der Waals surface area contributed by atoms with Gasteiger partial charge in [-0.3, -0.25) is 0 Å². The lowest BCUT2D eigenvalue weighted by molar-refractivity contribution is 0.624. The fourth-order valence-corrected chi connectivity index (χ4v) is 2.76. The molecule has 4 heteroatoms. The number of nitrogens with two attached hydrogens (primary N) is 1. The molecule has 2 nitrogen and oxygen atoms in total. The lowest BCUT2D eigenvalue weighted by Crippen LogP contribution is -2.29. The van der Waals surface area contributed by atoms with Gasteiger partial charge in [0.2, 0.25) is 0 Å². The van der Waals surface area contributed by atoms with Gasteiger partial charge >= 0.3 is 0 Å². The summed E-state index contributed by atoms with van der Waals surface area (Å²) in [4.78, 5) is 2.52. The van der Waals surface area contributed by atoms with E-state index in [9.17, 15) is 4.39 Å². The average molecular weight is 252 g/mol. The number of hydrogen-bond donors (Lipinski definition) is 1. The molecule has 0 amide bonds. The van der Waals surface area contributed by atoms with Gasteiger partial charge < -0.3 is 10.6 Å². The van der Waals surface area contributed by atoms with Crippen molar-refractivity contribution >= 4 is 22.9 Å². The molecule has 2 N–H and O–H groups in total. The highest BCUT2D eigenvalue weighted by Crippen LogP contribution is 2.31. The number of halogens is 1. The fraction of sp³-hybridized carbons (Fsp3) is 0.462. The van der Waals surface area contributed by atoms with Gasteiger partial charge in [-0.25, -0.2) is 4.39 Å². The molecule has 2 unspecified atom stereocenters. The zero-order valence-electron chi connectivity index (χ0n) is 10.1. The van der Waals surface area contributed by atoms with Gasteiger partial charge in [0, 0.05) is 23.8 Å². The zero-order valence-corrected chi connectivity index (χ0v) is 10.9. The predicted molar refractivity (Wildman–Crippen MR) is 72.9 cm³/mol. The maximum Gasteiger partial charge on any atom is 0.124 e. The molecule has 2 rings (SSSR count). The van der Waals surface area contributed by atoms with Crippen LogP contribution in [-0.4, -0.2) is 17.6 Å². The van der Waals surface area contributed by atoms with Crippen LogP contribution in [0.5, 0.6) is 0 Å². The van der Waals surface area contributed by atoms with Crippen molar-refractivity contribution in [3.63, 3.8) is 0 Å². The smallest absolute Gasteiger partial charge is 0.124 e. The molecule has 0 aromatic heterocycles. The topological polar surface area (TPSA) is 29.3 Å². The van der Waals surface area contributed by atoms with Crippen LogP contribution in [-0.2, 0) is 0 Å². The van der Waals surface area contributed by atoms with Crippen LogP contribution in [0.4, 0.5) is 10.1 Å². The van der Waals surface area contributed by atoms with Crippen LogP contribution in [0.15, 0.2) is 18.2 Å². The van der Waals surface area contributed by atoms with Crippen molar-refractivity contribution in [3.8, 4) is 0 Å². The normalized spacial score (nSPS) is 24.1. The van der Waals surface area contributed by atoms with Crippen molar-refractivity contribution in [1.82, 2.24) is 0 Å². The van der Waals surface area contributed by atoms with E-state index >= 15 is 0 Å². The van der Waals surface area contributed by atoms with Crippen LogP contribution < -0.4 is 10.6 Å². The third-order valence-electron chi connectivity index (χ3n) is 3.32. The molecule has 1 aromatic rings. The summed E-state index contributed by atoms with van der Waals surface area (Å²) in [6.07, 6.45) is 1.15. The van der Waals surface area contributed by atoms with Crippen molar-refractivity contribution in [2.45, 2.75) is 26.3 Å². The Morgan fingerprint density at radius 2 is 2.18 bits per heavy atom. The molecular weight excluding hydrogens is 235 g/mol. The molecular formula is C13H17FN2S. The number of thiocarbonyl (C=S) groups is 1. The lowest BCUT2D eigenvalue weighted by Gasteiger charge is -2.26. The number of anilines is 1. The minimum atomic E-state index is -0.295. The highest BCUT2D eigenvalue weighted by Gasteiger charge is 2.28. The van der Waals surface area contributed by atoms with E-state index in [2.05, 4.69) is 18.7 Å². The monoisotopic (exact) mass is 252 g/mol. The summed E-state index contributed by atoms with van der Waals surface area (Å²) in [6, 6.07) is 5.11. The highest BCUT2D eigenvalue weighted by molar-refractivity contribution is 7.80. The van der Waals surface area contributed by atoms with E-state index in [1.807, 2.05) is 0 Å². The first kappa shape index (κ1) is 12.3. The predicted octanol–water partition coefficient (Wildman–Crippen LogP) is 2.69. The number of hydrogen-bond acceptors (Lipinski definition) is 2. The Kier molecular flexibility index (Phi) is 3.33. The summed E-state index contributed by atoms with van der Waals surface area (Å²) in [5.41, 5.74) is 7.26. The molecule has 0 saturated carbocycles. The molecule has 17 heavy (non-hydrogen) atoms. The van der Waals surface area contributed by atoms with E-state index in [4.69, 9.17) is 18.0 Å². The van der Waals surface area contributed by atoms with E-state index in [1.54, 1.807) is 6.07 Å². The van der Waals surface area contributed by atoms with Crippen molar-refractivity contribution in [1.29, 1.82) is 0 Å². The van der Waals surface area contributed by atoms with Gasteiger partial charge in [-0.05, 0) is 37.5 Å². The molecule has 1 aromatic carbocycles. The van der Waals surface area contributed by atoms with Crippen LogP contribution in [0.2, 0.25) is 0 Å². The van der Waals surface area contributed by atoms with Gasteiger partial charge in [0.25, 0.3) is 0 Å². The molecule has 92 valence electrons. The van der Waals surface area contributed by atoms with Crippen LogP contribution in [0.25, 0.3) is 0 Å². The zero-order chi connectivity index (χ0) is 12.6. The number of nitrogens with zero attached hydrogens (tertiary/aromatic N) is 1. The van der Waals surface area contributed by atoms with E-state index in [0.29, 0.717) is 17.5 Å². The fourth-order valence-electron chi connectivity index (χ4n) is 2.59. The maximum atomic E-state index is 13.2. The molecule has 0 bridgehead atoms. The van der Waals surface area contributed by atoms with Crippen molar-refractivity contribution in [2.75, 3.05) is 11.4 Å². The first-order valence-electron chi connectivity index (χ1n) is 5.85. The Labute approximate surface area is 107 Å². The third kappa shape index (κ3) is 2.41. The van der Waals surface area contributed by atoms with E-state index in [1.165, 1.54) is 12.1 Å². The lowest BCUT2D eigenvalue weighted by atomic mass is 10.1. The summed E-state index contributed by atoms with van der Waals surface area (Å²) < 4.78 is 13.2. The van der Waals surface area contributed by atoms with Crippen LogP contribution in [0.1, 0.15) is 25.8 Å². The second-order valence-corrected chi connectivity index (χ2v) is 5.31. The Hall–Kier alpha value is -1.16. The SMILES string of the molecule is CC1CC(C)N(c2ccc(F)cc2C(N)=S)C1. The van der Waals surface area contributed by atoms with Gasteiger partial charge in [0.15, 0.2) is 0 Å². The van der Waals surface area contributed by atoms with Gasteiger partial charge in [0.1, 0.15) is 10.8 Å². The standard InChI is InChI=1S/C13H17FN2S/c1-8-5-9(2)16(7-8)12-4-3-10(14)6-11(12)13(15)17/h3-4,6,8-9H,5,7H2,1-2H3,(H2,15,17). The summed E-state index contributed by atoms with van der Waals surface area (Å²) in [7, 11) is 0. The summed E-state index contributed by atoms with van der Waals surface area (Å²) >= 11 is 5.00. The molecule has 1 fully saturated rings. The Balaban J connectivity index is 2.41. The van der Waals surface area contributed by atoms with Gasteiger partial charge in [-0.2, -0.15) is 0 Å². The summed E-state index contributed by atoms with van der Waals surface area (Å²) in [5.74, 6) is 0.352. The Morgan fingerprint density at radius 3 is 2.71 bits per heavy atom. The van der Waals surface area contributed by atoms with Crippen molar-refractivity contribution < 1.29 is 4.39 Å². The second-order valence-electron chi connectivity index (χ2n) is 4.87. The van der Waals surface area contributed by atoms with Gasteiger partial charge in [-0.15, -0.1) is 0 Å². The third-order valence-corrected chi connectivity index (χ3v) is 3.54. The first-order chi connectivity index (χ1) is 7.99. The highest BCUT2D eigenvalue weighted by atomic mass is 32.1. The molecule has 1 aliphatic rings. The maximum absolute atomic E-state index is 13.2. The first-order valence-corrected chi connectivity index (χ1v) is 6.26. The quantitative estimate of drug-likeness (QED) is 0.821. The summed E-state index contributed by atoms with van der Waals surface area (Å²) in [5, 5.41) is 0. The number of benzene rings is 1.